The zero-order valence-electron chi connectivity index (χ0n) is 16.2. The molecule has 2 aliphatic rings. The molecule has 0 bridgehead atoms. The number of rotatable bonds is 3. The highest BCUT2D eigenvalue weighted by molar-refractivity contribution is 6.31. The minimum absolute atomic E-state index is 0.0631. The summed E-state index contributed by atoms with van der Waals surface area (Å²) < 4.78 is 0. The lowest BCUT2D eigenvalue weighted by molar-refractivity contribution is 0.0290. The summed E-state index contributed by atoms with van der Waals surface area (Å²) in [6, 6.07) is 7.71. The van der Waals surface area contributed by atoms with Crippen molar-refractivity contribution in [2.45, 2.75) is 58.9 Å². The van der Waals surface area contributed by atoms with Gasteiger partial charge in [0.2, 0.25) is 0 Å². The van der Waals surface area contributed by atoms with Crippen molar-refractivity contribution in [2.75, 3.05) is 6.54 Å². The first kappa shape index (κ1) is 17.9. The number of carbonyl (C=O) groups is 1. The van der Waals surface area contributed by atoms with Gasteiger partial charge in [0.05, 0.1) is 0 Å². The Morgan fingerprint density at radius 3 is 2.42 bits per heavy atom. The number of benzene rings is 1. The SMILES string of the molecule is CC(C)C1(C(C)C)CC2(CCC2)CN1C(=O)c1cc2ccc(Cl)cc2[nH]1. The summed E-state index contributed by atoms with van der Waals surface area (Å²) in [6.45, 7) is 10.0. The molecule has 4 heteroatoms. The van der Waals surface area contributed by atoms with Crippen LogP contribution in [0.4, 0.5) is 0 Å². The van der Waals surface area contributed by atoms with Crippen LogP contribution in [0, 0.1) is 17.3 Å². The Bertz CT molecular complexity index is 839. The van der Waals surface area contributed by atoms with Crippen LogP contribution in [0.3, 0.4) is 0 Å². The lowest BCUT2D eigenvalue weighted by Crippen LogP contribution is -2.54. The molecule has 1 aliphatic heterocycles. The van der Waals surface area contributed by atoms with Crippen LogP contribution >= 0.6 is 11.6 Å². The second kappa shape index (κ2) is 6.02. The molecular formula is C22H29ClN2O. The van der Waals surface area contributed by atoms with Crippen molar-refractivity contribution in [1.82, 2.24) is 9.88 Å². The number of likely N-dealkylation sites (tertiary alicyclic amines) is 1. The van der Waals surface area contributed by atoms with Crippen LogP contribution in [0.2, 0.25) is 5.02 Å². The van der Waals surface area contributed by atoms with E-state index in [0.717, 1.165) is 23.9 Å². The van der Waals surface area contributed by atoms with Crippen molar-refractivity contribution >= 4 is 28.4 Å². The van der Waals surface area contributed by atoms with E-state index in [1.807, 2.05) is 24.3 Å². The molecular weight excluding hydrogens is 344 g/mol. The fourth-order valence-electron chi connectivity index (χ4n) is 5.57. The Balaban J connectivity index is 1.76. The average molecular weight is 373 g/mol. The number of hydrogen-bond donors (Lipinski definition) is 1. The number of halogens is 1. The van der Waals surface area contributed by atoms with Crippen molar-refractivity contribution in [1.29, 1.82) is 0 Å². The second-order valence-corrected chi connectivity index (χ2v) is 9.57. The molecule has 1 aliphatic carbocycles. The lowest BCUT2D eigenvalue weighted by Gasteiger charge is -2.46. The Hall–Kier alpha value is -1.48. The third-order valence-corrected chi connectivity index (χ3v) is 7.36. The topological polar surface area (TPSA) is 36.1 Å². The van der Waals surface area contributed by atoms with Crippen LogP contribution in [0.1, 0.15) is 63.9 Å². The number of H-pyrrole nitrogens is 1. The Kier molecular flexibility index (Phi) is 4.15. The summed E-state index contributed by atoms with van der Waals surface area (Å²) in [5, 5.41) is 1.72. The van der Waals surface area contributed by atoms with Crippen LogP contribution in [-0.2, 0) is 0 Å². The predicted octanol–water partition coefficient (Wildman–Crippen LogP) is 5.89. The number of fused-ring (bicyclic) bond motifs is 1. The normalized spacial score (nSPS) is 21.1. The monoisotopic (exact) mass is 372 g/mol. The molecule has 4 rings (SSSR count). The third-order valence-electron chi connectivity index (χ3n) is 7.13. The van der Waals surface area contributed by atoms with Crippen molar-refractivity contribution in [3.63, 3.8) is 0 Å². The number of nitrogens with one attached hydrogen (secondary N) is 1. The molecule has 1 N–H and O–H groups in total. The van der Waals surface area contributed by atoms with Crippen LogP contribution in [0.25, 0.3) is 10.9 Å². The van der Waals surface area contributed by atoms with Gasteiger partial charge in [-0.05, 0) is 54.7 Å². The molecule has 1 aromatic heterocycles. The van der Waals surface area contributed by atoms with E-state index in [4.69, 9.17) is 11.6 Å². The minimum atomic E-state index is -0.0631. The van der Waals surface area contributed by atoms with Gasteiger partial charge in [0.15, 0.2) is 0 Å². The quantitative estimate of drug-likeness (QED) is 0.716. The number of hydrogen-bond acceptors (Lipinski definition) is 1. The van der Waals surface area contributed by atoms with E-state index in [9.17, 15) is 4.79 Å². The molecule has 26 heavy (non-hydrogen) atoms. The minimum Gasteiger partial charge on any atom is -0.350 e. The van der Waals surface area contributed by atoms with Gasteiger partial charge in [-0.2, -0.15) is 0 Å². The highest BCUT2D eigenvalue weighted by Gasteiger charge is 2.59. The van der Waals surface area contributed by atoms with Crippen LogP contribution in [0.15, 0.2) is 24.3 Å². The summed E-state index contributed by atoms with van der Waals surface area (Å²) in [4.78, 5) is 19.1. The molecule has 1 spiro atoms. The maximum absolute atomic E-state index is 13.6. The van der Waals surface area contributed by atoms with Crippen LogP contribution in [0.5, 0.6) is 0 Å². The molecule has 1 saturated carbocycles. The van der Waals surface area contributed by atoms with Gasteiger partial charge in [-0.15, -0.1) is 0 Å². The van der Waals surface area contributed by atoms with Gasteiger partial charge in [-0.3, -0.25) is 4.79 Å². The Morgan fingerprint density at radius 1 is 1.15 bits per heavy atom. The first-order valence-corrected chi connectivity index (χ1v) is 10.3. The van der Waals surface area contributed by atoms with Gasteiger partial charge in [-0.25, -0.2) is 0 Å². The zero-order chi connectivity index (χ0) is 18.7. The smallest absolute Gasteiger partial charge is 0.270 e. The van der Waals surface area contributed by atoms with Crippen molar-refractivity contribution in [3.05, 3.63) is 35.0 Å². The molecule has 1 amide bonds. The third kappa shape index (κ3) is 2.51. The van der Waals surface area contributed by atoms with Crippen molar-refractivity contribution < 1.29 is 4.79 Å². The maximum atomic E-state index is 13.6. The van der Waals surface area contributed by atoms with Gasteiger partial charge in [0.25, 0.3) is 5.91 Å². The predicted molar refractivity (Wildman–Crippen MR) is 108 cm³/mol. The second-order valence-electron chi connectivity index (χ2n) is 9.14. The standard InChI is InChI=1S/C22H29ClN2O/c1-14(2)22(15(3)4)12-21(8-5-9-21)13-25(22)20(26)19-10-16-6-7-17(23)11-18(16)24-19/h6-7,10-11,14-15,24H,5,8-9,12-13H2,1-4H3. The van der Waals surface area contributed by atoms with E-state index in [1.165, 1.54) is 19.3 Å². The van der Waals surface area contributed by atoms with Gasteiger partial charge >= 0.3 is 0 Å². The number of aromatic nitrogens is 1. The maximum Gasteiger partial charge on any atom is 0.270 e. The first-order valence-electron chi connectivity index (χ1n) is 9.88. The number of aromatic amines is 1. The molecule has 140 valence electrons. The molecule has 2 heterocycles. The zero-order valence-corrected chi connectivity index (χ0v) is 17.0. The van der Waals surface area contributed by atoms with E-state index in [1.54, 1.807) is 0 Å². The largest absolute Gasteiger partial charge is 0.350 e. The summed E-state index contributed by atoms with van der Waals surface area (Å²) in [6.07, 6.45) is 4.98. The summed E-state index contributed by atoms with van der Waals surface area (Å²) in [5.41, 5.74) is 1.90. The summed E-state index contributed by atoms with van der Waals surface area (Å²) in [5.74, 6) is 1.01. The summed E-state index contributed by atoms with van der Waals surface area (Å²) in [7, 11) is 0. The van der Waals surface area contributed by atoms with Gasteiger partial charge in [-0.1, -0.05) is 51.8 Å². The van der Waals surface area contributed by atoms with Crippen LogP contribution in [-0.4, -0.2) is 27.9 Å². The van der Waals surface area contributed by atoms with Gasteiger partial charge in [0, 0.05) is 28.0 Å². The average Bonchev–Trinajstić information content (AvgIpc) is 3.13. The van der Waals surface area contributed by atoms with Crippen molar-refractivity contribution in [2.24, 2.45) is 17.3 Å². The van der Waals surface area contributed by atoms with Crippen molar-refractivity contribution in [3.8, 4) is 0 Å². The molecule has 1 saturated heterocycles. The Morgan fingerprint density at radius 2 is 1.85 bits per heavy atom. The highest BCUT2D eigenvalue weighted by atomic mass is 35.5. The molecule has 2 aromatic rings. The van der Waals surface area contributed by atoms with E-state index in [-0.39, 0.29) is 11.4 Å². The number of carbonyl (C=O) groups excluding carboxylic acids is 1. The van der Waals surface area contributed by atoms with E-state index in [0.29, 0.717) is 28.0 Å². The van der Waals surface area contributed by atoms with E-state index in [2.05, 4.69) is 37.6 Å². The molecule has 0 radical (unpaired) electrons. The van der Waals surface area contributed by atoms with Crippen LogP contribution < -0.4 is 0 Å². The molecule has 0 unspecified atom stereocenters. The summed E-state index contributed by atoms with van der Waals surface area (Å²) >= 11 is 6.11. The molecule has 1 aromatic carbocycles. The number of amides is 1. The molecule has 2 fully saturated rings. The fraction of sp³-hybridized carbons (Fsp3) is 0.591. The first-order chi connectivity index (χ1) is 12.3. The Labute approximate surface area is 161 Å². The van der Waals surface area contributed by atoms with E-state index < -0.39 is 0 Å². The van der Waals surface area contributed by atoms with Gasteiger partial charge in [0.1, 0.15) is 5.69 Å². The molecule has 0 atom stereocenters. The highest BCUT2D eigenvalue weighted by Crippen LogP contribution is 2.58. The van der Waals surface area contributed by atoms with Gasteiger partial charge < -0.3 is 9.88 Å². The fourth-order valence-corrected chi connectivity index (χ4v) is 5.74. The molecule has 3 nitrogen and oxygen atoms in total. The lowest BCUT2D eigenvalue weighted by atomic mass is 9.62. The van der Waals surface area contributed by atoms with E-state index >= 15 is 0 Å². The number of nitrogens with zero attached hydrogens (tertiary/aromatic N) is 1.